The molecule has 0 saturated heterocycles. The highest BCUT2D eigenvalue weighted by Crippen LogP contribution is 2.29. The van der Waals surface area contributed by atoms with Gasteiger partial charge in [0, 0.05) is 26.0 Å². The van der Waals surface area contributed by atoms with E-state index in [9.17, 15) is 0 Å². The van der Waals surface area contributed by atoms with Gasteiger partial charge in [-0.15, -0.1) is 0 Å². The molecule has 0 unspecified atom stereocenters. The first kappa shape index (κ1) is 9.45. The quantitative estimate of drug-likeness (QED) is 0.816. The molecular weight excluding hydrogens is 202 g/mol. The van der Waals surface area contributed by atoms with Crippen molar-refractivity contribution in [2.24, 2.45) is 5.92 Å². The van der Waals surface area contributed by atoms with E-state index >= 15 is 0 Å². The monoisotopic (exact) mass is 217 g/mol. The third-order valence-electron chi connectivity index (χ3n) is 2.89. The molecule has 0 amide bonds. The van der Waals surface area contributed by atoms with Crippen LogP contribution < -0.4 is 10.6 Å². The lowest BCUT2D eigenvalue weighted by Crippen LogP contribution is -2.08. The van der Waals surface area contributed by atoms with Crippen molar-refractivity contribution in [3.8, 4) is 0 Å². The third kappa shape index (κ3) is 1.68. The molecule has 2 N–H and O–H groups in total. The van der Waals surface area contributed by atoms with Gasteiger partial charge in [0.2, 0.25) is 0 Å². The Morgan fingerprint density at radius 2 is 2.38 bits per heavy atom. The smallest absolute Gasteiger partial charge is 0.180 e. The minimum absolute atomic E-state index is 0.829. The van der Waals surface area contributed by atoms with Gasteiger partial charge >= 0.3 is 0 Å². The van der Waals surface area contributed by atoms with E-state index in [-0.39, 0.29) is 0 Å². The summed E-state index contributed by atoms with van der Waals surface area (Å²) in [7, 11) is 1.87. The highest BCUT2D eigenvalue weighted by molar-refractivity contribution is 5.65. The lowest BCUT2D eigenvalue weighted by Gasteiger charge is -2.08. The molecule has 0 bridgehead atoms. The predicted molar refractivity (Wildman–Crippen MR) is 63.7 cm³/mol. The van der Waals surface area contributed by atoms with Crippen LogP contribution in [-0.4, -0.2) is 28.0 Å². The van der Waals surface area contributed by atoms with E-state index in [4.69, 9.17) is 0 Å². The van der Waals surface area contributed by atoms with Crippen molar-refractivity contribution in [2.45, 2.75) is 12.8 Å². The van der Waals surface area contributed by atoms with Crippen molar-refractivity contribution < 1.29 is 0 Å². The first-order valence-electron chi connectivity index (χ1n) is 5.62. The van der Waals surface area contributed by atoms with E-state index in [0.717, 1.165) is 29.7 Å². The molecule has 0 atom stereocenters. The molecule has 16 heavy (non-hydrogen) atoms. The summed E-state index contributed by atoms with van der Waals surface area (Å²) in [5, 5.41) is 6.43. The summed E-state index contributed by atoms with van der Waals surface area (Å²) < 4.78 is 1.98. The molecule has 2 aromatic rings. The lowest BCUT2D eigenvalue weighted by molar-refractivity contribution is 0.882. The molecule has 5 heteroatoms. The first-order valence-corrected chi connectivity index (χ1v) is 5.62. The maximum absolute atomic E-state index is 4.49. The van der Waals surface area contributed by atoms with Crippen LogP contribution in [0.3, 0.4) is 0 Å². The van der Waals surface area contributed by atoms with Gasteiger partial charge in [-0.3, -0.25) is 0 Å². The number of imidazole rings is 1. The van der Waals surface area contributed by atoms with Gasteiger partial charge in [0.1, 0.15) is 5.82 Å². The van der Waals surface area contributed by atoms with E-state index in [0.29, 0.717) is 0 Å². The van der Waals surface area contributed by atoms with Crippen molar-refractivity contribution in [1.82, 2.24) is 14.4 Å². The minimum atomic E-state index is 0.829. The zero-order chi connectivity index (χ0) is 11.0. The number of anilines is 2. The molecule has 1 saturated carbocycles. The highest BCUT2D eigenvalue weighted by Gasteiger charge is 2.21. The van der Waals surface area contributed by atoms with Crippen LogP contribution in [0.15, 0.2) is 18.6 Å². The summed E-state index contributed by atoms with van der Waals surface area (Å²) in [6.07, 6.45) is 8.33. The maximum Gasteiger partial charge on any atom is 0.180 e. The van der Waals surface area contributed by atoms with Gasteiger partial charge in [-0.2, -0.15) is 0 Å². The Morgan fingerprint density at radius 3 is 3.12 bits per heavy atom. The second-order valence-electron chi connectivity index (χ2n) is 4.21. The number of rotatable bonds is 4. The van der Waals surface area contributed by atoms with E-state index in [1.807, 2.05) is 23.8 Å². The molecule has 2 aromatic heterocycles. The second-order valence-corrected chi connectivity index (χ2v) is 4.21. The van der Waals surface area contributed by atoms with Gasteiger partial charge in [-0.1, -0.05) is 0 Å². The van der Waals surface area contributed by atoms with Crippen LogP contribution in [0.5, 0.6) is 0 Å². The maximum atomic E-state index is 4.49. The summed E-state index contributed by atoms with van der Waals surface area (Å²) in [6, 6.07) is 0. The van der Waals surface area contributed by atoms with Crippen molar-refractivity contribution in [3.63, 3.8) is 0 Å². The van der Waals surface area contributed by atoms with Gasteiger partial charge < -0.3 is 15.0 Å². The van der Waals surface area contributed by atoms with Crippen LogP contribution in [0.2, 0.25) is 0 Å². The Balaban J connectivity index is 1.94. The molecule has 0 aliphatic heterocycles. The summed E-state index contributed by atoms with van der Waals surface area (Å²) in [4.78, 5) is 8.79. The Kier molecular flexibility index (Phi) is 2.16. The van der Waals surface area contributed by atoms with Crippen molar-refractivity contribution in [3.05, 3.63) is 18.6 Å². The third-order valence-corrected chi connectivity index (χ3v) is 2.89. The number of hydrogen-bond donors (Lipinski definition) is 2. The fourth-order valence-corrected chi connectivity index (χ4v) is 1.73. The largest absolute Gasteiger partial charge is 0.372 e. The van der Waals surface area contributed by atoms with Crippen LogP contribution >= 0.6 is 0 Å². The molecule has 1 aliphatic rings. The predicted octanol–water partition coefficient (Wildman–Crippen LogP) is 1.59. The molecule has 1 aliphatic carbocycles. The zero-order valence-corrected chi connectivity index (χ0v) is 9.27. The lowest BCUT2D eigenvalue weighted by atomic mass is 10.4. The molecule has 2 heterocycles. The van der Waals surface area contributed by atoms with Crippen LogP contribution in [0.4, 0.5) is 11.6 Å². The van der Waals surface area contributed by atoms with Gasteiger partial charge in [0.05, 0.1) is 6.20 Å². The highest BCUT2D eigenvalue weighted by atomic mass is 15.1. The summed E-state index contributed by atoms with van der Waals surface area (Å²) in [6.45, 7) is 1.00. The van der Waals surface area contributed by atoms with Crippen molar-refractivity contribution in [2.75, 3.05) is 24.2 Å². The number of hydrogen-bond acceptors (Lipinski definition) is 4. The van der Waals surface area contributed by atoms with Crippen LogP contribution in [0, 0.1) is 5.92 Å². The number of aromatic nitrogens is 3. The molecule has 0 aromatic carbocycles. The van der Waals surface area contributed by atoms with Gasteiger partial charge in [0.25, 0.3) is 0 Å². The molecule has 84 valence electrons. The summed E-state index contributed by atoms with van der Waals surface area (Å²) >= 11 is 0. The van der Waals surface area contributed by atoms with E-state index < -0.39 is 0 Å². The van der Waals surface area contributed by atoms with Gasteiger partial charge in [0.15, 0.2) is 11.5 Å². The topological polar surface area (TPSA) is 54.2 Å². The van der Waals surface area contributed by atoms with E-state index in [2.05, 4.69) is 20.6 Å². The van der Waals surface area contributed by atoms with Gasteiger partial charge in [-0.05, 0) is 18.8 Å². The average Bonchev–Trinajstić information content (AvgIpc) is 3.02. The van der Waals surface area contributed by atoms with Crippen LogP contribution in [0.25, 0.3) is 5.65 Å². The molecule has 0 spiro atoms. The fourth-order valence-electron chi connectivity index (χ4n) is 1.73. The molecule has 3 rings (SSSR count). The standard InChI is InChI=1S/C11H15N5/c1-12-9-7-16-5-4-13-11(16)10(15-9)14-6-8-2-3-8/h4-5,7-8,12H,2-3,6H2,1H3,(H,14,15). The van der Waals surface area contributed by atoms with Gasteiger partial charge in [-0.25, -0.2) is 9.97 Å². The fraction of sp³-hybridized carbons (Fsp3) is 0.455. The summed E-state index contributed by atoms with van der Waals surface area (Å²) in [5.74, 6) is 2.54. The van der Waals surface area contributed by atoms with E-state index in [1.54, 1.807) is 6.20 Å². The molecule has 5 nitrogen and oxygen atoms in total. The minimum Gasteiger partial charge on any atom is -0.372 e. The number of nitrogens with zero attached hydrogens (tertiary/aromatic N) is 3. The second kappa shape index (κ2) is 3.66. The number of nitrogens with one attached hydrogen (secondary N) is 2. The SMILES string of the molecule is CNc1cn2ccnc2c(NCC2CC2)n1. The Hall–Kier alpha value is -1.78. The first-order chi connectivity index (χ1) is 7.86. The molecule has 0 radical (unpaired) electrons. The normalized spacial score (nSPS) is 15.3. The molecule has 1 fully saturated rings. The molecular formula is C11H15N5. The Bertz CT molecular complexity index is 500. The van der Waals surface area contributed by atoms with E-state index in [1.165, 1.54) is 12.8 Å². The van der Waals surface area contributed by atoms with Crippen molar-refractivity contribution in [1.29, 1.82) is 0 Å². The number of fused-ring (bicyclic) bond motifs is 1. The summed E-state index contributed by atoms with van der Waals surface area (Å²) in [5.41, 5.74) is 0.889. The Labute approximate surface area is 93.9 Å². The average molecular weight is 217 g/mol. The van der Waals surface area contributed by atoms with Crippen LogP contribution in [0.1, 0.15) is 12.8 Å². The Morgan fingerprint density at radius 1 is 1.50 bits per heavy atom. The zero-order valence-electron chi connectivity index (χ0n) is 9.27. The van der Waals surface area contributed by atoms with Crippen molar-refractivity contribution >= 4 is 17.3 Å². The van der Waals surface area contributed by atoms with Crippen LogP contribution in [-0.2, 0) is 0 Å².